The zero-order valence-corrected chi connectivity index (χ0v) is 30.1. The third-order valence-electron chi connectivity index (χ3n) is 11.5. The van der Waals surface area contributed by atoms with Crippen molar-refractivity contribution in [2.45, 2.75) is 5.41 Å². The van der Waals surface area contributed by atoms with E-state index in [0.717, 1.165) is 39.7 Å². The second-order valence-corrected chi connectivity index (χ2v) is 14.4. The standard InChI is InChI=1S/C53H35NO/c1-2-14-36(15-3-1)37-28-32-40(33-29-37)54(41-34-30-39(31-35-41)43-20-12-17-38-16-4-5-18-42(38)43)49-25-13-21-45-44-19-6-7-22-46(44)53(52(45)49)47-23-8-10-26-50(47)55-51-27-11-9-24-48(51)53/h1-35H. The molecule has 1 aliphatic heterocycles. The van der Waals surface area contributed by atoms with Crippen LogP contribution in [-0.4, -0.2) is 0 Å². The van der Waals surface area contributed by atoms with E-state index in [0.29, 0.717) is 0 Å². The topological polar surface area (TPSA) is 12.5 Å². The van der Waals surface area contributed by atoms with Gasteiger partial charge >= 0.3 is 0 Å². The van der Waals surface area contributed by atoms with E-state index in [1.807, 2.05) is 0 Å². The molecule has 0 atom stereocenters. The number of fused-ring (bicyclic) bond motifs is 10. The molecule has 1 heterocycles. The highest BCUT2D eigenvalue weighted by molar-refractivity contribution is 5.98. The third kappa shape index (κ3) is 4.75. The van der Waals surface area contributed by atoms with Gasteiger partial charge in [0.2, 0.25) is 0 Å². The highest BCUT2D eigenvalue weighted by atomic mass is 16.5. The first-order valence-corrected chi connectivity index (χ1v) is 18.9. The lowest BCUT2D eigenvalue weighted by Gasteiger charge is -2.41. The first-order valence-electron chi connectivity index (χ1n) is 18.9. The summed E-state index contributed by atoms with van der Waals surface area (Å²) in [6.45, 7) is 0. The van der Waals surface area contributed by atoms with Gasteiger partial charge in [-0.15, -0.1) is 0 Å². The van der Waals surface area contributed by atoms with Crippen molar-refractivity contribution >= 4 is 27.8 Å². The average Bonchev–Trinajstić information content (AvgIpc) is 3.56. The minimum Gasteiger partial charge on any atom is -0.457 e. The van der Waals surface area contributed by atoms with Crippen LogP contribution in [0.3, 0.4) is 0 Å². The maximum Gasteiger partial charge on any atom is 0.132 e. The fraction of sp³-hybridized carbons (Fsp3) is 0.0189. The predicted octanol–water partition coefficient (Wildman–Crippen LogP) is 14.1. The summed E-state index contributed by atoms with van der Waals surface area (Å²) in [5, 5.41) is 2.49. The molecule has 0 unspecified atom stereocenters. The number of para-hydroxylation sites is 2. The number of rotatable bonds is 5. The molecule has 2 nitrogen and oxygen atoms in total. The van der Waals surface area contributed by atoms with Gasteiger partial charge in [0.1, 0.15) is 11.5 Å². The van der Waals surface area contributed by atoms with Crippen molar-refractivity contribution in [2.75, 3.05) is 4.90 Å². The Hall–Kier alpha value is -7.16. The summed E-state index contributed by atoms with van der Waals surface area (Å²) in [6.07, 6.45) is 0. The van der Waals surface area contributed by atoms with Gasteiger partial charge in [-0.05, 0) is 92.2 Å². The van der Waals surface area contributed by atoms with Gasteiger partial charge in [-0.25, -0.2) is 0 Å². The lowest BCUT2D eigenvalue weighted by atomic mass is 9.65. The number of ether oxygens (including phenoxy) is 1. The Labute approximate surface area is 321 Å². The first-order chi connectivity index (χ1) is 27.3. The minimum absolute atomic E-state index is 0.612. The summed E-state index contributed by atoms with van der Waals surface area (Å²) in [7, 11) is 0. The molecule has 258 valence electrons. The second-order valence-electron chi connectivity index (χ2n) is 14.4. The van der Waals surface area contributed by atoms with Crippen LogP contribution in [0.1, 0.15) is 22.3 Å². The summed E-state index contributed by atoms with van der Waals surface area (Å²) in [6, 6.07) is 76.9. The smallest absolute Gasteiger partial charge is 0.132 e. The van der Waals surface area contributed by atoms with Crippen molar-refractivity contribution in [3.05, 3.63) is 235 Å². The van der Waals surface area contributed by atoms with Crippen LogP contribution in [0.25, 0.3) is 44.2 Å². The van der Waals surface area contributed by atoms with E-state index in [9.17, 15) is 0 Å². The Balaban J connectivity index is 1.17. The van der Waals surface area contributed by atoms with Crippen molar-refractivity contribution in [1.29, 1.82) is 0 Å². The highest BCUT2D eigenvalue weighted by Crippen LogP contribution is 2.64. The first kappa shape index (κ1) is 31.4. The van der Waals surface area contributed by atoms with Gasteiger partial charge in [0.25, 0.3) is 0 Å². The van der Waals surface area contributed by atoms with Gasteiger partial charge in [-0.1, -0.05) is 170 Å². The molecule has 1 spiro atoms. The van der Waals surface area contributed by atoms with E-state index in [1.165, 1.54) is 55.3 Å². The zero-order chi connectivity index (χ0) is 36.3. The van der Waals surface area contributed by atoms with Crippen molar-refractivity contribution < 1.29 is 4.74 Å². The zero-order valence-electron chi connectivity index (χ0n) is 30.1. The average molecular weight is 702 g/mol. The summed E-state index contributed by atoms with van der Waals surface area (Å²) in [4.78, 5) is 2.45. The fourth-order valence-electron chi connectivity index (χ4n) is 9.21. The molecular formula is C53H35NO. The van der Waals surface area contributed by atoms with Gasteiger partial charge in [0.05, 0.1) is 11.1 Å². The van der Waals surface area contributed by atoms with Crippen LogP contribution in [0.5, 0.6) is 11.5 Å². The lowest BCUT2D eigenvalue weighted by molar-refractivity contribution is 0.436. The Morgan fingerprint density at radius 1 is 0.345 bits per heavy atom. The largest absolute Gasteiger partial charge is 0.457 e. The van der Waals surface area contributed by atoms with Crippen molar-refractivity contribution in [3.63, 3.8) is 0 Å². The molecule has 9 aromatic rings. The molecule has 0 bridgehead atoms. The molecule has 0 saturated heterocycles. The third-order valence-corrected chi connectivity index (χ3v) is 11.5. The molecular weight excluding hydrogens is 667 g/mol. The van der Waals surface area contributed by atoms with Crippen LogP contribution in [0.15, 0.2) is 212 Å². The number of hydrogen-bond donors (Lipinski definition) is 0. The second kappa shape index (κ2) is 12.5. The Morgan fingerprint density at radius 2 is 0.855 bits per heavy atom. The molecule has 0 aromatic heterocycles. The van der Waals surface area contributed by atoms with Crippen LogP contribution >= 0.6 is 0 Å². The molecule has 9 aromatic carbocycles. The van der Waals surface area contributed by atoms with E-state index in [-0.39, 0.29) is 0 Å². The SMILES string of the molecule is c1ccc(-c2ccc(N(c3ccc(-c4cccc5ccccc45)cc3)c3cccc4c3C3(c5ccccc5Oc5ccccc53)c3ccccc3-4)cc2)cc1. The van der Waals surface area contributed by atoms with Crippen molar-refractivity contribution in [1.82, 2.24) is 0 Å². The van der Waals surface area contributed by atoms with E-state index >= 15 is 0 Å². The summed E-state index contributed by atoms with van der Waals surface area (Å²) < 4.78 is 6.69. The monoisotopic (exact) mass is 701 g/mol. The fourth-order valence-corrected chi connectivity index (χ4v) is 9.21. The Morgan fingerprint density at radius 3 is 1.58 bits per heavy atom. The number of hydrogen-bond acceptors (Lipinski definition) is 2. The Bertz CT molecular complexity index is 2840. The van der Waals surface area contributed by atoms with E-state index < -0.39 is 5.41 Å². The van der Waals surface area contributed by atoms with Crippen LogP contribution in [0.4, 0.5) is 17.1 Å². The normalized spacial score (nSPS) is 13.0. The molecule has 55 heavy (non-hydrogen) atoms. The molecule has 2 aliphatic rings. The van der Waals surface area contributed by atoms with E-state index in [2.05, 4.69) is 217 Å². The molecule has 0 amide bonds. The summed E-state index contributed by atoms with van der Waals surface area (Å²) >= 11 is 0. The van der Waals surface area contributed by atoms with Gasteiger partial charge in [0.15, 0.2) is 0 Å². The molecule has 0 fully saturated rings. The number of nitrogens with zero attached hydrogens (tertiary/aromatic N) is 1. The minimum atomic E-state index is -0.612. The number of benzene rings is 9. The van der Waals surface area contributed by atoms with Gasteiger partial charge in [-0.3, -0.25) is 0 Å². The van der Waals surface area contributed by atoms with Crippen LogP contribution in [0, 0.1) is 0 Å². The lowest BCUT2D eigenvalue weighted by Crippen LogP contribution is -2.33. The van der Waals surface area contributed by atoms with Crippen molar-refractivity contribution in [2.24, 2.45) is 0 Å². The molecule has 0 saturated carbocycles. The van der Waals surface area contributed by atoms with Gasteiger partial charge < -0.3 is 9.64 Å². The Kier molecular flexibility index (Phi) is 7.11. The van der Waals surface area contributed by atoms with E-state index in [1.54, 1.807) is 0 Å². The maximum absolute atomic E-state index is 6.69. The maximum atomic E-state index is 6.69. The highest BCUT2D eigenvalue weighted by Gasteiger charge is 2.52. The van der Waals surface area contributed by atoms with Crippen LogP contribution in [0.2, 0.25) is 0 Å². The van der Waals surface area contributed by atoms with Gasteiger partial charge in [-0.2, -0.15) is 0 Å². The van der Waals surface area contributed by atoms with Gasteiger partial charge in [0, 0.05) is 28.1 Å². The summed E-state index contributed by atoms with van der Waals surface area (Å²) in [5.74, 6) is 1.77. The van der Waals surface area contributed by atoms with Crippen LogP contribution < -0.4 is 9.64 Å². The quantitative estimate of drug-likeness (QED) is 0.177. The summed E-state index contributed by atoms with van der Waals surface area (Å²) in [5.41, 5.74) is 14.8. The molecule has 11 rings (SSSR count). The number of anilines is 3. The van der Waals surface area contributed by atoms with Crippen molar-refractivity contribution in [3.8, 4) is 44.9 Å². The molecule has 1 aliphatic carbocycles. The van der Waals surface area contributed by atoms with Crippen LogP contribution in [-0.2, 0) is 5.41 Å². The molecule has 0 radical (unpaired) electrons. The van der Waals surface area contributed by atoms with E-state index in [4.69, 9.17) is 4.74 Å². The molecule has 0 N–H and O–H groups in total. The molecule has 2 heteroatoms. The predicted molar refractivity (Wildman–Crippen MR) is 227 cm³/mol.